The van der Waals surface area contributed by atoms with E-state index in [9.17, 15) is 0 Å². The second-order valence-electron chi connectivity index (χ2n) is 5.82. The molecular formula is C15H21ClN4. The van der Waals surface area contributed by atoms with Crippen LogP contribution >= 0.6 is 12.4 Å². The van der Waals surface area contributed by atoms with Crippen LogP contribution in [0.5, 0.6) is 0 Å². The van der Waals surface area contributed by atoms with Crippen LogP contribution in [0, 0.1) is 5.92 Å². The molecule has 1 fully saturated rings. The monoisotopic (exact) mass is 292 g/mol. The van der Waals surface area contributed by atoms with Gasteiger partial charge in [-0.1, -0.05) is 12.1 Å². The lowest BCUT2D eigenvalue weighted by Crippen LogP contribution is -2.34. The normalized spacial score (nSPS) is 22.7. The van der Waals surface area contributed by atoms with E-state index >= 15 is 0 Å². The smallest absolute Gasteiger partial charge is 0.201 e. The van der Waals surface area contributed by atoms with E-state index in [0.717, 1.165) is 30.9 Å². The van der Waals surface area contributed by atoms with Crippen molar-refractivity contribution in [3.8, 4) is 0 Å². The molecule has 4 rings (SSSR count). The first kappa shape index (κ1) is 13.7. The number of anilines is 1. The maximum Gasteiger partial charge on any atom is 0.201 e. The molecule has 2 aliphatic rings. The summed E-state index contributed by atoms with van der Waals surface area (Å²) in [6.45, 7) is 2.28. The molecule has 0 amide bonds. The number of nitrogens with one attached hydrogen (secondary N) is 1. The molecule has 1 saturated heterocycles. The van der Waals surface area contributed by atoms with E-state index in [1.807, 2.05) is 0 Å². The van der Waals surface area contributed by atoms with Gasteiger partial charge in [0.25, 0.3) is 0 Å². The Bertz CT molecular complexity index is 616. The van der Waals surface area contributed by atoms with E-state index in [2.05, 4.69) is 33.1 Å². The summed E-state index contributed by atoms with van der Waals surface area (Å²) in [5, 5.41) is 3.45. The summed E-state index contributed by atoms with van der Waals surface area (Å²) < 4.78 is 2.32. The molecule has 1 aromatic carbocycles. The van der Waals surface area contributed by atoms with E-state index in [0.29, 0.717) is 12.0 Å². The Morgan fingerprint density at radius 1 is 1.20 bits per heavy atom. The Morgan fingerprint density at radius 2 is 2.00 bits per heavy atom. The summed E-state index contributed by atoms with van der Waals surface area (Å²) in [7, 11) is 0. The van der Waals surface area contributed by atoms with E-state index in [4.69, 9.17) is 5.73 Å². The molecule has 1 atom stereocenters. The molecule has 20 heavy (non-hydrogen) atoms. The molecule has 1 aromatic heterocycles. The minimum Gasteiger partial charge on any atom is -0.369 e. The van der Waals surface area contributed by atoms with Gasteiger partial charge in [0.05, 0.1) is 11.0 Å². The fraction of sp³-hybridized carbons (Fsp3) is 0.533. The Balaban J connectivity index is 0.00000121. The highest BCUT2D eigenvalue weighted by Crippen LogP contribution is 2.39. The number of imidazole rings is 1. The number of nitrogen functional groups attached to an aromatic ring is 1. The number of hydrogen-bond acceptors (Lipinski definition) is 3. The van der Waals surface area contributed by atoms with Gasteiger partial charge in [-0.3, -0.25) is 0 Å². The zero-order valence-corrected chi connectivity index (χ0v) is 12.3. The van der Waals surface area contributed by atoms with Gasteiger partial charge in [0.2, 0.25) is 5.95 Å². The molecular weight excluding hydrogens is 272 g/mol. The first-order valence-electron chi connectivity index (χ1n) is 7.30. The maximum absolute atomic E-state index is 6.20. The molecule has 0 bridgehead atoms. The highest BCUT2D eigenvalue weighted by Gasteiger charge is 2.31. The predicted molar refractivity (Wildman–Crippen MR) is 84.3 cm³/mol. The molecule has 0 saturated carbocycles. The third kappa shape index (κ3) is 1.98. The second kappa shape index (κ2) is 5.26. The van der Waals surface area contributed by atoms with Crippen molar-refractivity contribution in [2.45, 2.75) is 31.7 Å². The van der Waals surface area contributed by atoms with Gasteiger partial charge in [0.1, 0.15) is 0 Å². The lowest BCUT2D eigenvalue weighted by molar-refractivity contribution is 0.249. The number of aryl methyl sites for hydroxylation is 1. The van der Waals surface area contributed by atoms with Gasteiger partial charge in [-0.2, -0.15) is 0 Å². The van der Waals surface area contributed by atoms with Crippen molar-refractivity contribution in [2.75, 3.05) is 18.8 Å². The molecule has 0 radical (unpaired) electrons. The number of halogens is 1. The van der Waals surface area contributed by atoms with Crippen LogP contribution in [0.4, 0.5) is 5.95 Å². The van der Waals surface area contributed by atoms with Crippen molar-refractivity contribution in [2.24, 2.45) is 5.92 Å². The molecule has 2 aromatic rings. The molecule has 2 aliphatic heterocycles. The number of hydrogen-bond donors (Lipinski definition) is 2. The van der Waals surface area contributed by atoms with Crippen LogP contribution in [-0.2, 0) is 6.42 Å². The molecule has 0 spiro atoms. The first-order valence-corrected chi connectivity index (χ1v) is 7.30. The van der Waals surface area contributed by atoms with Gasteiger partial charge in [-0.05, 0) is 56.3 Å². The Hall–Kier alpha value is -1.26. The second-order valence-corrected chi connectivity index (χ2v) is 5.82. The number of para-hydroxylation sites is 1. The van der Waals surface area contributed by atoms with Gasteiger partial charge in [-0.15, -0.1) is 12.4 Å². The lowest BCUT2D eigenvalue weighted by atomic mass is 9.84. The van der Waals surface area contributed by atoms with Crippen molar-refractivity contribution in [3.05, 3.63) is 23.8 Å². The van der Waals surface area contributed by atoms with Crippen LogP contribution < -0.4 is 11.1 Å². The van der Waals surface area contributed by atoms with Crippen molar-refractivity contribution in [3.63, 3.8) is 0 Å². The van der Waals surface area contributed by atoms with Gasteiger partial charge < -0.3 is 15.6 Å². The van der Waals surface area contributed by atoms with Gasteiger partial charge >= 0.3 is 0 Å². The molecule has 3 heterocycles. The van der Waals surface area contributed by atoms with Crippen molar-refractivity contribution >= 4 is 29.4 Å². The molecule has 5 heteroatoms. The maximum atomic E-state index is 6.20. The van der Waals surface area contributed by atoms with E-state index < -0.39 is 0 Å². The molecule has 3 N–H and O–H groups in total. The van der Waals surface area contributed by atoms with Crippen molar-refractivity contribution in [1.29, 1.82) is 0 Å². The molecule has 1 unspecified atom stereocenters. The summed E-state index contributed by atoms with van der Waals surface area (Å²) >= 11 is 0. The fourth-order valence-corrected chi connectivity index (χ4v) is 3.88. The minimum atomic E-state index is 0. The third-order valence-electron chi connectivity index (χ3n) is 4.79. The van der Waals surface area contributed by atoms with Crippen molar-refractivity contribution < 1.29 is 0 Å². The number of nitrogens with two attached hydrogens (primary N) is 1. The van der Waals surface area contributed by atoms with Gasteiger partial charge in [0, 0.05) is 6.04 Å². The molecule has 4 nitrogen and oxygen atoms in total. The fourth-order valence-electron chi connectivity index (χ4n) is 3.88. The summed E-state index contributed by atoms with van der Waals surface area (Å²) in [4.78, 5) is 4.55. The Labute approximate surface area is 125 Å². The number of nitrogens with zero attached hydrogens (tertiary/aromatic N) is 2. The van der Waals surface area contributed by atoms with Crippen LogP contribution in [0.2, 0.25) is 0 Å². The molecule has 0 aliphatic carbocycles. The van der Waals surface area contributed by atoms with Crippen LogP contribution in [0.3, 0.4) is 0 Å². The van der Waals surface area contributed by atoms with Gasteiger partial charge in [0.15, 0.2) is 0 Å². The highest BCUT2D eigenvalue weighted by atomic mass is 35.5. The number of aromatic nitrogens is 2. The van der Waals surface area contributed by atoms with Crippen molar-refractivity contribution in [1.82, 2.24) is 14.9 Å². The topological polar surface area (TPSA) is 55.9 Å². The largest absolute Gasteiger partial charge is 0.369 e. The van der Waals surface area contributed by atoms with E-state index in [1.165, 1.54) is 30.3 Å². The van der Waals surface area contributed by atoms with Crippen LogP contribution in [-0.4, -0.2) is 22.6 Å². The lowest BCUT2D eigenvalue weighted by Gasteiger charge is -2.35. The van der Waals surface area contributed by atoms with Crippen LogP contribution in [0.25, 0.3) is 11.0 Å². The predicted octanol–water partition coefficient (Wildman–Crippen LogP) is 2.53. The molecule has 108 valence electrons. The van der Waals surface area contributed by atoms with E-state index in [-0.39, 0.29) is 12.4 Å². The van der Waals surface area contributed by atoms with E-state index in [1.54, 1.807) is 0 Å². The summed E-state index contributed by atoms with van der Waals surface area (Å²) in [6.07, 6.45) is 4.88. The standard InChI is InChI=1S/C15H20N4.ClH/c16-15-18-12-3-1-2-11-4-5-13(19(15)14(11)12)10-6-8-17-9-7-10;/h1-3,10,13,17H,4-9H2,(H2,16,18);1H. The third-order valence-corrected chi connectivity index (χ3v) is 4.79. The summed E-state index contributed by atoms with van der Waals surface area (Å²) in [6, 6.07) is 6.94. The summed E-state index contributed by atoms with van der Waals surface area (Å²) in [5.74, 6) is 1.44. The minimum absolute atomic E-state index is 0. The van der Waals surface area contributed by atoms with Crippen LogP contribution in [0.1, 0.15) is 30.9 Å². The highest BCUT2D eigenvalue weighted by molar-refractivity contribution is 5.85. The average Bonchev–Trinajstić information content (AvgIpc) is 2.80. The number of piperidine rings is 1. The number of rotatable bonds is 1. The quantitative estimate of drug-likeness (QED) is 0.849. The summed E-state index contributed by atoms with van der Waals surface area (Å²) in [5.41, 5.74) is 9.96. The zero-order chi connectivity index (χ0) is 12.8. The first-order chi connectivity index (χ1) is 9.34. The average molecular weight is 293 g/mol. The Kier molecular flexibility index (Phi) is 3.61. The Morgan fingerprint density at radius 3 is 2.80 bits per heavy atom. The SMILES string of the molecule is Cl.Nc1nc2cccc3c2n1C(C1CCNCC1)CC3. The zero-order valence-electron chi connectivity index (χ0n) is 11.5. The van der Waals surface area contributed by atoms with Crippen LogP contribution in [0.15, 0.2) is 18.2 Å². The number of benzene rings is 1. The van der Waals surface area contributed by atoms with Gasteiger partial charge in [-0.25, -0.2) is 4.98 Å².